The maximum Gasteiger partial charge on any atom is 0.414 e. The van der Waals surface area contributed by atoms with E-state index in [9.17, 15) is 4.79 Å². The first-order valence-electron chi connectivity index (χ1n) is 5.35. The number of hydrogen-bond donors (Lipinski definition) is 1. The highest BCUT2D eigenvalue weighted by Crippen LogP contribution is 2.23. The Morgan fingerprint density at radius 1 is 1.60 bits per heavy atom. The summed E-state index contributed by atoms with van der Waals surface area (Å²) >= 11 is 0. The van der Waals surface area contributed by atoms with Gasteiger partial charge in [-0.1, -0.05) is 12.2 Å². The number of carbonyl (C=O) groups excluding carboxylic acids is 1. The molecule has 15 heavy (non-hydrogen) atoms. The molecule has 2 rings (SSSR count). The molecule has 0 aromatic carbocycles. The third-order valence-corrected chi connectivity index (χ3v) is 2.70. The lowest BCUT2D eigenvalue weighted by atomic mass is 10.1. The minimum atomic E-state index is -0.227. The van der Waals surface area contributed by atoms with Gasteiger partial charge in [-0.25, -0.2) is 4.79 Å². The van der Waals surface area contributed by atoms with E-state index in [4.69, 9.17) is 10.5 Å². The largest absolute Gasteiger partial charge is 0.444 e. The molecular formula is C11H16N2O2. The predicted octanol–water partition coefficient (Wildman–Crippen LogP) is 1.39. The highest BCUT2D eigenvalue weighted by Gasteiger charge is 2.32. The normalized spacial score (nSPS) is 25.4. The highest BCUT2D eigenvalue weighted by atomic mass is 16.6. The number of carbonyl (C=O) groups is 1. The summed E-state index contributed by atoms with van der Waals surface area (Å²) in [4.78, 5) is 13.3. The molecule has 1 atom stereocenters. The van der Waals surface area contributed by atoms with Gasteiger partial charge in [-0.05, 0) is 31.9 Å². The van der Waals surface area contributed by atoms with Gasteiger partial charge >= 0.3 is 6.09 Å². The Balaban J connectivity index is 2.01. The second kappa shape index (κ2) is 4.49. The summed E-state index contributed by atoms with van der Waals surface area (Å²) in [6.07, 6.45) is 8.47. The molecule has 1 saturated heterocycles. The summed E-state index contributed by atoms with van der Waals surface area (Å²) in [5, 5.41) is 0. The van der Waals surface area contributed by atoms with Crippen molar-refractivity contribution in [3.8, 4) is 0 Å². The van der Waals surface area contributed by atoms with Crippen LogP contribution in [0.2, 0.25) is 0 Å². The molecule has 82 valence electrons. The van der Waals surface area contributed by atoms with Crippen LogP contribution in [0.3, 0.4) is 0 Å². The van der Waals surface area contributed by atoms with Crippen LogP contribution in [0.15, 0.2) is 23.9 Å². The predicted molar refractivity (Wildman–Crippen MR) is 57.1 cm³/mol. The van der Waals surface area contributed by atoms with E-state index in [0.29, 0.717) is 13.1 Å². The SMILES string of the molecule is NCCC1CN(C2=CC=CCC2)C(=O)O1. The highest BCUT2D eigenvalue weighted by molar-refractivity contribution is 5.72. The Labute approximate surface area is 89.4 Å². The number of amides is 1. The third kappa shape index (κ3) is 2.21. The average Bonchev–Trinajstić information content (AvgIpc) is 2.61. The van der Waals surface area contributed by atoms with Crippen molar-refractivity contribution >= 4 is 6.09 Å². The number of cyclic esters (lactones) is 1. The summed E-state index contributed by atoms with van der Waals surface area (Å²) in [7, 11) is 0. The molecule has 1 heterocycles. The van der Waals surface area contributed by atoms with Gasteiger partial charge in [-0.3, -0.25) is 4.90 Å². The van der Waals surface area contributed by atoms with E-state index < -0.39 is 0 Å². The number of nitrogens with zero attached hydrogens (tertiary/aromatic N) is 1. The van der Waals surface area contributed by atoms with Crippen LogP contribution in [0.5, 0.6) is 0 Å². The van der Waals surface area contributed by atoms with E-state index in [1.807, 2.05) is 12.2 Å². The number of allylic oxidation sites excluding steroid dienone is 4. The van der Waals surface area contributed by atoms with Gasteiger partial charge in [-0.15, -0.1) is 0 Å². The fourth-order valence-corrected chi connectivity index (χ4v) is 1.91. The van der Waals surface area contributed by atoms with E-state index in [1.165, 1.54) is 0 Å². The molecular weight excluding hydrogens is 192 g/mol. The van der Waals surface area contributed by atoms with Gasteiger partial charge < -0.3 is 10.5 Å². The van der Waals surface area contributed by atoms with Gasteiger partial charge in [0.15, 0.2) is 0 Å². The Morgan fingerprint density at radius 3 is 3.13 bits per heavy atom. The molecule has 0 saturated carbocycles. The first-order chi connectivity index (χ1) is 7.31. The monoisotopic (exact) mass is 208 g/mol. The van der Waals surface area contributed by atoms with Crippen molar-refractivity contribution < 1.29 is 9.53 Å². The van der Waals surface area contributed by atoms with Crippen molar-refractivity contribution in [3.63, 3.8) is 0 Å². The molecule has 4 heteroatoms. The Kier molecular flexibility index (Phi) is 3.06. The lowest BCUT2D eigenvalue weighted by Gasteiger charge is -2.18. The first-order valence-corrected chi connectivity index (χ1v) is 5.35. The standard InChI is InChI=1S/C11H16N2O2/c12-7-6-10-8-13(11(14)15-10)9-4-2-1-3-5-9/h1-2,4,10H,3,5-8,12H2. The zero-order chi connectivity index (χ0) is 10.7. The minimum absolute atomic E-state index is 0.0330. The van der Waals surface area contributed by atoms with Crippen LogP contribution in [-0.4, -0.2) is 30.2 Å². The number of hydrogen-bond acceptors (Lipinski definition) is 3. The zero-order valence-electron chi connectivity index (χ0n) is 8.69. The van der Waals surface area contributed by atoms with E-state index in [2.05, 4.69) is 6.08 Å². The molecule has 1 aliphatic carbocycles. The maximum absolute atomic E-state index is 11.6. The quantitative estimate of drug-likeness (QED) is 0.762. The Bertz CT molecular complexity index is 310. The average molecular weight is 208 g/mol. The van der Waals surface area contributed by atoms with Crippen LogP contribution in [0.1, 0.15) is 19.3 Å². The van der Waals surface area contributed by atoms with E-state index in [-0.39, 0.29) is 12.2 Å². The molecule has 0 radical (unpaired) electrons. The fraction of sp³-hybridized carbons (Fsp3) is 0.545. The molecule has 1 fully saturated rings. The lowest BCUT2D eigenvalue weighted by molar-refractivity contribution is 0.132. The number of nitrogens with two attached hydrogens (primary N) is 1. The van der Waals surface area contributed by atoms with Crippen molar-refractivity contribution in [3.05, 3.63) is 23.9 Å². The van der Waals surface area contributed by atoms with E-state index >= 15 is 0 Å². The van der Waals surface area contributed by atoms with Crippen molar-refractivity contribution in [2.24, 2.45) is 5.73 Å². The molecule has 1 amide bonds. The second-order valence-electron chi connectivity index (χ2n) is 3.82. The van der Waals surface area contributed by atoms with Crippen LogP contribution in [0.4, 0.5) is 4.79 Å². The van der Waals surface area contributed by atoms with Gasteiger partial charge in [-0.2, -0.15) is 0 Å². The van der Waals surface area contributed by atoms with Crippen LogP contribution in [0.25, 0.3) is 0 Å². The smallest absolute Gasteiger partial charge is 0.414 e. The molecule has 0 spiro atoms. The van der Waals surface area contributed by atoms with Crippen LogP contribution in [0, 0.1) is 0 Å². The summed E-state index contributed by atoms with van der Waals surface area (Å²) < 4.78 is 5.21. The Hall–Kier alpha value is -1.29. The summed E-state index contributed by atoms with van der Waals surface area (Å²) in [6, 6.07) is 0. The van der Waals surface area contributed by atoms with Crippen molar-refractivity contribution in [1.82, 2.24) is 4.90 Å². The van der Waals surface area contributed by atoms with Crippen LogP contribution < -0.4 is 5.73 Å². The molecule has 0 aromatic rings. The number of ether oxygens (including phenoxy) is 1. The van der Waals surface area contributed by atoms with Gasteiger partial charge in [0.2, 0.25) is 0 Å². The zero-order valence-corrected chi connectivity index (χ0v) is 8.69. The fourth-order valence-electron chi connectivity index (χ4n) is 1.91. The molecule has 1 aliphatic heterocycles. The molecule has 2 aliphatic rings. The number of rotatable bonds is 3. The minimum Gasteiger partial charge on any atom is -0.444 e. The summed E-state index contributed by atoms with van der Waals surface area (Å²) in [5.74, 6) is 0. The maximum atomic E-state index is 11.6. The van der Waals surface area contributed by atoms with Crippen molar-refractivity contribution in [1.29, 1.82) is 0 Å². The third-order valence-electron chi connectivity index (χ3n) is 2.70. The van der Waals surface area contributed by atoms with Gasteiger partial charge in [0, 0.05) is 5.70 Å². The second-order valence-corrected chi connectivity index (χ2v) is 3.82. The van der Waals surface area contributed by atoms with Gasteiger partial charge in [0.05, 0.1) is 6.54 Å². The lowest BCUT2D eigenvalue weighted by Crippen LogP contribution is -2.25. The summed E-state index contributed by atoms with van der Waals surface area (Å²) in [5.41, 5.74) is 6.50. The van der Waals surface area contributed by atoms with Crippen molar-refractivity contribution in [2.45, 2.75) is 25.4 Å². The molecule has 4 nitrogen and oxygen atoms in total. The van der Waals surface area contributed by atoms with Crippen LogP contribution >= 0.6 is 0 Å². The molecule has 0 aromatic heterocycles. The molecule has 0 bridgehead atoms. The van der Waals surface area contributed by atoms with E-state index in [1.54, 1.807) is 4.90 Å². The van der Waals surface area contributed by atoms with E-state index in [0.717, 1.165) is 25.0 Å². The Morgan fingerprint density at radius 2 is 2.47 bits per heavy atom. The summed E-state index contributed by atoms with van der Waals surface area (Å²) in [6.45, 7) is 1.21. The van der Waals surface area contributed by atoms with Gasteiger partial charge in [0.25, 0.3) is 0 Å². The molecule has 1 unspecified atom stereocenters. The topological polar surface area (TPSA) is 55.6 Å². The van der Waals surface area contributed by atoms with Crippen LogP contribution in [-0.2, 0) is 4.74 Å². The molecule has 2 N–H and O–H groups in total. The van der Waals surface area contributed by atoms with Crippen molar-refractivity contribution in [2.75, 3.05) is 13.1 Å². The van der Waals surface area contributed by atoms with Gasteiger partial charge in [0.1, 0.15) is 6.10 Å². The first kappa shape index (κ1) is 10.2.